The van der Waals surface area contributed by atoms with E-state index in [1.165, 1.54) is 0 Å². The minimum Gasteiger partial charge on any atom is -0.310 e. The van der Waals surface area contributed by atoms with Crippen LogP contribution in [0.4, 0.5) is 0 Å². The van der Waals surface area contributed by atoms with E-state index in [4.69, 9.17) is 11.5 Å². The summed E-state index contributed by atoms with van der Waals surface area (Å²) in [6, 6.07) is 0. The molecule has 4 nitrogen and oxygen atoms in total. The zero-order valence-corrected chi connectivity index (χ0v) is 3.97. The van der Waals surface area contributed by atoms with Crippen molar-refractivity contribution in [2.24, 2.45) is 11.5 Å². The molecule has 0 spiro atoms. The third-order valence-electron chi connectivity index (χ3n) is 1.93. The number of nitrogens with two attached hydrogens (primary N) is 2. The van der Waals surface area contributed by atoms with E-state index >= 15 is 0 Å². The smallest absolute Gasteiger partial charge is 0.193 e. The Labute approximate surface area is 44.8 Å². The van der Waals surface area contributed by atoms with Crippen molar-refractivity contribution in [3.8, 4) is 0 Å². The van der Waals surface area contributed by atoms with Crippen LogP contribution in [0.3, 0.4) is 0 Å². The molecule has 0 aromatic heterocycles. The van der Waals surface area contributed by atoms with Crippen LogP contribution in [0.2, 0.25) is 0 Å². The van der Waals surface area contributed by atoms with Gasteiger partial charge in [0.25, 0.3) is 0 Å². The quantitative estimate of drug-likeness (QED) is 0.340. The number of ketones is 2. The summed E-state index contributed by atoms with van der Waals surface area (Å²) in [7, 11) is 0. The summed E-state index contributed by atoms with van der Waals surface area (Å²) < 4.78 is 0. The molecule has 2 fully saturated rings. The number of rotatable bonds is 0. The summed E-state index contributed by atoms with van der Waals surface area (Å²) in [5.74, 6) is -0.620. The van der Waals surface area contributed by atoms with Gasteiger partial charge in [-0.05, 0) is 0 Å². The molecule has 0 aliphatic heterocycles. The lowest BCUT2D eigenvalue weighted by Crippen LogP contribution is -2.27. The Morgan fingerprint density at radius 2 is 1.25 bits per heavy atom. The number of fused-ring (bicyclic) bond motifs is 1. The highest BCUT2D eigenvalue weighted by Crippen LogP contribution is 2.57. The Balaban J connectivity index is 2.54. The van der Waals surface area contributed by atoms with E-state index in [0.717, 1.165) is 0 Å². The Bertz CT molecular complexity index is 184. The Kier molecular flexibility index (Phi) is 0.303. The molecule has 4 heteroatoms. The van der Waals surface area contributed by atoms with E-state index < -0.39 is 11.1 Å². The van der Waals surface area contributed by atoms with E-state index in [-0.39, 0.29) is 11.6 Å². The van der Waals surface area contributed by atoms with Crippen LogP contribution >= 0.6 is 0 Å². The van der Waals surface area contributed by atoms with Gasteiger partial charge in [0.2, 0.25) is 0 Å². The van der Waals surface area contributed by atoms with Gasteiger partial charge >= 0.3 is 0 Å². The predicted molar refractivity (Wildman–Crippen MR) is 23.9 cm³/mol. The predicted octanol–water partition coefficient (Wildman–Crippen LogP) is -2.45. The molecule has 4 N–H and O–H groups in total. The molecule has 0 amide bonds. The third kappa shape index (κ3) is 0.120. The largest absolute Gasteiger partial charge is 0.310 e. The van der Waals surface area contributed by atoms with Crippen molar-refractivity contribution in [2.45, 2.75) is 11.1 Å². The standard InChI is InChI=1S/C4H4N2O2/c5-3-1(7)4(3,6)2(3)8/h5-6H2. The maximum Gasteiger partial charge on any atom is 0.193 e. The minimum atomic E-state index is -1.23. The van der Waals surface area contributed by atoms with Crippen LogP contribution in [-0.4, -0.2) is 22.6 Å². The summed E-state index contributed by atoms with van der Waals surface area (Å²) in [5, 5.41) is 0. The van der Waals surface area contributed by atoms with Crippen LogP contribution in [0.25, 0.3) is 0 Å². The van der Waals surface area contributed by atoms with Gasteiger partial charge in [0.1, 0.15) is 0 Å². The van der Waals surface area contributed by atoms with Crippen LogP contribution in [0.1, 0.15) is 0 Å². The van der Waals surface area contributed by atoms with Crippen molar-refractivity contribution < 1.29 is 9.59 Å². The molecule has 0 aromatic rings. The number of carbonyl (C=O) groups excluding carboxylic acids is 2. The highest BCUT2D eigenvalue weighted by molar-refractivity contribution is 6.60. The molecule has 2 rings (SSSR count). The first-order valence-electron chi connectivity index (χ1n) is 2.24. The zero-order chi connectivity index (χ0) is 6.15. The van der Waals surface area contributed by atoms with Gasteiger partial charge in [0, 0.05) is 0 Å². The van der Waals surface area contributed by atoms with Gasteiger partial charge in [0.05, 0.1) is 0 Å². The molecular formula is C4H4N2O2. The fraction of sp³-hybridized carbons (Fsp3) is 0.500. The fourth-order valence-corrected chi connectivity index (χ4v) is 0.974. The van der Waals surface area contributed by atoms with Gasteiger partial charge in [-0.1, -0.05) is 0 Å². The Hall–Kier alpha value is -0.740. The highest BCUT2D eigenvalue weighted by Gasteiger charge is 2.99. The lowest BCUT2D eigenvalue weighted by Gasteiger charge is -1.83. The van der Waals surface area contributed by atoms with Crippen molar-refractivity contribution in [1.29, 1.82) is 0 Å². The van der Waals surface area contributed by atoms with Crippen molar-refractivity contribution in [2.75, 3.05) is 0 Å². The summed E-state index contributed by atoms with van der Waals surface area (Å²) in [6.45, 7) is 0. The number of hydrogen-bond acceptors (Lipinski definition) is 4. The van der Waals surface area contributed by atoms with E-state index in [0.29, 0.717) is 0 Å². The Morgan fingerprint density at radius 3 is 1.25 bits per heavy atom. The second-order valence-electron chi connectivity index (χ2n) is 2.27. The number of hydrogen-bond donors (Lipinski definition) is 2. The SMILES string of the molecule is NC12C(=O)C1(N)C2=O. The molecule has 0 unspecified atom stereocenters. The molecule has 0 radical (unpaired) electrons. The van der Waals surface area contributed by atoms with E-state index in [2.05, 4.69) is 0 Å². The maximum absolute atomic E-state index is 10.3. The molecule has 0 bridgehead atoms. The van der Waals surface area contributed by atoms with Crippen LogP contribution in [0.5, 0.6) is 0 Å². The zero-order valence-electron chi connectivity index (χ0n) is 3.97. The molecular weight excluding hydrogens is 108 g/mol. The first kappa shape index (κ1) is 4.17. The molecule has 0 saturated heterocycles. The normalized spacial score (nSPS) is 58.2. The number of carbonyl (C=O) groups is 2. The van der Waals surface area contributed by atoms with Gasteiger partial charge in [-0.2, -0.15) is 0 Å². The van der Waals surface area contributed by atoms with Crippen LogP contribution in [0, 0.1) is 0 Å². The summed E-state index contributed by atoms with van der Waals surface area (Å²) in [4.78, 5) is 20.6. The van der Waals surface area contributed by atoms with Crippen LogP contribution < -0.4 is 11.5 Å². The average molecular weight is 112 g/mol. The van der Waals surface area contributed by atoms with Gasteiger partial charge in [-0.3, -0.25) is 9.59 Å². The van der Waals surface area contributed by atoms with Crippen molar-refractivity contribution in [3.63, 3.8) is 0 Å². The first-order valence-corrected chi connectivity index (χ1v) is 2.24. The van der Waals surface area contributed by atoms with Gasteiger partial charge in [-0.25, -0.2) is 0 Å². The lowest BCUT2D eigenvalue weighted by molar-refractivity contribution is -0.125. The monoisotopic (exact) mass is 112 g/mol. The second kappa shape index (κ2) is 0.581. The van der Waals surface area contributed by atoms with E-state index in [9.17, 15) is 9.59 Å². The molecule has 0 atom stereocenters. The van der Waals surface area contributed by atoms with Gasteiger partial charge < -0.3 is 11.5 Å². The molecule has 2 saturated carbocycles. The van der Waals surface area contributed by atoms with Gasteiger partial charge in [-0.15, -0.1) is 0 Å². The second-order valence-corrected chi connectivity index (χ2v) is 2.27. The summed E-state index contributed by atoms with van der Waals surface area (Å²) in [6.07, 6.45) is 0. The maximum atomic E-state index is 10.3. The molecule has 42 valence electrons. The third-order valence-corrected chi connectivity index (χ3v) is 1.93. The van der Waals surface area contributed by atoms with E-state index in [1.807, 2.05) is 0 Å². The first-order chi connectivity index (χ1) is 3.56. The topological polar surface area (TPSA) is 86.2 Å². The average Bonchev–Trinajstić information content (AvgIpc) is 2.34. The molecule has 0 aromatic carbocycles. The minimum absolute atomic E-state index is 0.310. The molecule has 0 heterocycles. The summed E-state index contributed by atoms with van der Waals surface area (Å²) >= 11 is 0. The van der Waals surface area contributed by atoms with Crippen molar-refractivity contribution in [1.82, 2.24) is 0 Å². The van der Waals surface area contributed by atoms with Crippen molar-refractivity contribution in [3.05, 3.63) is 0 Å². The van der Waals surface area contributed by atoms with Crippen LogP contribution in [-0.2, 0) is 9.59 Å². The van der Waals surface area contributed by atoms with E-state index in [1.54, 1.807) is 0 Å². The summed E-state index contributed by atoms with van der Waals surface area (Å²) in [5.41, 5.74) is 7.81. The molecule has 2 aliphatic carbocycles. The Morgan fingerprint density at radius 1 is 1.00 bits per heavy atom. The fourth-order valence-electron chi connectivity index (χ4n) is 0.974. The molecule has 8 heavy (non-hydrogen) atoms. The van der Waals surface area contributed by atoms with Crippen LogP contribution in [0.15, 0.2) is 0 Å². The van der Waals surface area contributed by atoms with Gasteiger partial charge in [0.15, 0.2) is 22.6 Å². The lowest BCUT2D eigenvalue weighted by atomic mass is 10.3. The molecule has 2 aliphatic rings. The highest BCUT2D eigenvalue weighted by atomic mass is 16.2. The number of Topliss-reactive ketones (excluding diaryl/α,β-unsaturated/α-hetero) is 2. The van der Waals surface area contributed by atoms with Crippen molar-refractivity contribution >= 4 is 11.6 Å².